The van der Waals surface area contributed by atoms with Crippen LogP contribution in [-0.4, -0.2) is 9.91 Å². The molecular weight excluding hydrogens is 236 g/mol. The fourth-order valence-corrected chi connectivity index (χ4v) is 1.71. The summed E-state index contributed by atoms with van der Waals surface area (Å²) >= 11 is 10.7. The number of nitrogens with zero attached hydrogens (tertiary/aromatic N) is 1. The van der Waals surface area contributed by atoms with E-state index < -0.39 is 4.92 Å². The molecule has 15 heavy (non-hydrogen) atoms. The van der Waals surface area contributed by atoms with Gasteiger partial charge in [-0.3, -0.25) is 10.1 Å². The highest BCUT2D eigenvalue weighted by Crippen LogP contribution is 2.28. The summed E-state index contributed by atoms with van der Waals surface area (Å²) in [4.78, 5) is 13.0. The first-order valence-electron chi connectivity index (χ1n) is 4.05. The Hall–Kier alpha value is -1.46. The van der Waals surface area contributed by atoms with Gasteiger partial charge in [0.05, 0.1) is 4.92 Å². The average Bonchev–Trinajstić information content (AvgIpc) is 2.15. The molecule has 1 aromatic carbocycles. The molecule has 0 bridgehead atoms. The topological polar surface area (TPSA) is 58.9 Å². The van der Waals surface area contributed by atoms with E-state index in [9.17, 15) is 10.1 Å². The highest BCUT2D eigenvalue weighted by molar-refractivity contribution is 7.71. The van der Waals surface area contributed by atoms with Crippen molar-refractivity contribution in [3.63, 3.8) is 0 Å². The number of halogens is 1. The van der Waals surface area contributed by atoms with Crippen LogP contribution in [0.15, 0.2) is 24.3 Å². The number of nitro benzene ring substituents is 1. The second-order valence-corrected chi connectivity index (χ2v) is 3.82. The van der Waals surface area contributed by atoms with Gasteiger partial charge in [0, 0.05) is 17.0 Å². The number of aromatic nitrogens is 1. The molecule has 4 nitrogen and oxygen atoms in total. The molecule has 0 radical (unpaired) electrons. The highest BCUT2D eigenvalue weighted by atomic mass is 35.5. The maximum atomic E-state index is 10.6. The minimum Gasteiger partial charge on any atom is -0.346 e. The average molecular weight is 241 g/mol. The van der Waals surface area contributed by atoms with Crippen molar-refractivity contribution < 1.29 is 4.92 Å². The van der Waals surface area contributed by atoms with Gasteiger partial charge in [0.25, 0.3) is 5.69 Å². The first-order chi connectivity index (χ1) is 7.08. The number of nitro groups is 1. The number of fused-ring (bicyclic) bond motifs is 1. The summed E-state index contributed by atoms with van der Waals surface area (Å²) in [5.74, 6) is 0. The van der Waals surface area contributed by atoms with Gasteiger partial charge in [-0.2, -0.15) is 0 Å². The molecule has 2 aromatic rings. The molecule has 0 aliphatic rings. The molecule has 2 rings (SSSR count). The molecule has 0 aliphatic carbocycles. The monoisotopic (exact) mass is 240 g/mol. The molecule has 1 aromatic heterocycles. The van der Waals surface area contributed by atoms with Gasteiger partial charge in [0.15, 0.2) is 0 Å². The molecule has 0 aliphatic heterocycles. The van der Waals surface area contributed by atoms with E-state index in [0.29, 0.717) is 15.5 Å². The van der Waals surface area contributed by atoms with Gasteiger partial charge in [-0.05, 0) is 18.2 Å². The number of rotatable bonds is 1. The number of hydrogen-bond donors (Lipinski definition) is 1. The lowest BCUT2D eigenvalue weighted by Crippen LogP contribution is -1.90. The van der Waals surface area contributed by atoms with Crippen molar-refractivity contribution in [2.24, 2.45) is 0 Å². The number of nitrogens with one attached hydrogen (secondary N) is 1. The molecule has 0 unspecified atom stereocenters. The predicted molar refractivity (Wildman–Crippen MR) is 60.8 cm³/mol. The zero-order chi connectivity index (χ0) is 11.0. The van der Waals surface area contributed by atoms with E-state index in [1.54, 1.807) is 12.1 Å². The molecule has 0 saturated carbocycles. The van der Waals surface area contributed by atoms with Crippen LogP contribution in [0.2, 0.25) is 5.02 Å². The number of hydrogen-bond acceptors (Lipinski definition) is 3. The fraction of sp³-hybridized carbons (Fsp3) is 0. The van der Waals surface area contributed by atoms with E-state index in [2.05, 4.69) is 4.98 Å². The van der Waals surface area contributed by atoms with Gasteiger partial charge in [0.2, 0.25) is 0 Å². The molecule has 6 heteroatoms. The number of H-pyrrole nitrogens is 1. The molecule has 1 heterocycles. The van der Waals surface area contributed by atoms with Gasteiger partial charge in [-0.25, -0.2) is 0 Å². The number of benzene rings is 1. The summed E-state index contributed by atoms with van der Waals surface area (Å²) in [5.41, 5.74) is 0.591. The zero-order valence-corrected chi connectivity index (χ0v) is 8.93. The van der Waals surface area contributed by atoms with E-state index >= 15 is 0 Å². The molecule has 1 N–H and O–H groups in total. The van der Waals surface area contributed by atoms with E-state index in [-0.39, 0.29) is 10.7 Å². The third-order valence-corrected chi connectivity index (χ3v) is 2.53. The Morgan fingerprint density at radius 1 is 1.40 bits per heavy atom. The lowest BCUT2D eigenvalue weighted by atomic mass is 10.2. The van der Waals surface area contributed by atoms with Crippen molar-refractivity contribution in [1.29, 1.82) is 0 Å². The minimum atomic E-state index is -0.511. The maximum Gasteiger partial charge on any atom is 0.288 e. The van der Waals surface area contributed by atoms with Gasteiger partial charge in [-0.15, -0.1) is 0 Å². The van der Waals surface area contributed by atoms with E-state index in [1.165, 1.54) is 12.1 Å². The summed E-state index contributed by atoms with van der Waals surface area (Å²) in [6.07, 6.45) is 0. The Kier molecular flexibility index (Phi) is 2.42. The first kappa shape index (κ1) is 10.1. The second kappa shape index (κ2) is 3.60. The van der Waals surface area contributed by atoms with Crippen LogP contribution in [0, 0.1) is 14.8 Å². The summed E-state index contributed by atoms with van der Waals surface area (Å²) in [6.45, 7) is 0. The van der Waals surface area contributed by atoms with Crippen LogP contribution in [0.1, 0.15) is 0 Å². The van der Waals surface area contributed by atoms with Crippen LogP contribution in [0.25, 0.3) is 10.9 Å². The van der Waals surface area contributed by atoms with Crippen LogP contribution in [0.4, 0.5) is 5.69 Å². The Morgan fingerprint density at radius 3 is 2.80 bits per heavy atom. The van der Waals surface area contributed by atoms with Crippen molar-refractivity contribution in [2.75, 3.05) is 0 Å². The summed E-state index contributed by atoms with van der Waals surface area (Å²) in [5, 5.41) is 11.4. The Bertz CT molecular complexity index is 609. The SMILES string of the molecule is O=[N+]([O-])c1cc2ccc(=S)[nH]c2cc1Cl. The Balaban J connectivity index is 2.82. The van der Waals surface area contributed by atoms with E-state index in [0.717, 1.165) is 0 Å². The largest absolute Gasteiger partial charge is 0.346 e. The molecule has 0 saturated heterocycles. The normalized spacial score (nSPS) is 10.5. The number of aromatic amines is 1. The molecular formula is C9H5ClN2O2S. The van der Waals surface area contributed by atoms with Crippen molar-refractivity contribution in [1.82, 2.24) is 4.98 Å². The fourth-order valence-electron chi connectivity index (χ4n) is 1.30. The highest BCUT2D eigenvalue weighted by Gasteiger charge is 2.12. The Morgan fingerprint density at radius 2 is 2.13 bits per heavy atom. The molecule has 76 valence electrons. The van der Waals surface area contributed by atoms with Gasteiger partial charge in [0.1, 0.15) is 9.66 Å². The van der Waals surface area contributed by atoms with Gasteiger partial charge in [-0.1, -0.05) is 23.8 Å². The van der Waals surface area contributed by atoms with Crippen LogP contribution in [0.5, 0.6) is 0 Å². The van der Waals surface area contributed by atoms with Crippen molar-refractivity contribution in [2.45, 2.75) is 0 Å². The molecule has 0 amide bonds. The van der Waals surface area contributed by atoms with E-state index in [4.69, 9.17) is 23.8 Å². The number of pyridine rings is 1. The third-order valence-electron chi connectivity index (χ3n) is 1.99. The second-order valence-electron chi connectivity index (χ2n) is 2.97. The molecule has 0 spiro atoms. The maximum absolute atomic E-state index is 10.6. The van der Waals surface area contributed by atoms with Gasteiger partial charge < -0.3 is 4.98 Å². The predicted octanol–water partition coefficient (Wildman–Crippen LogP) is 3.46. The van der Waals surface area contributed by atoms with Crippen molar-refractivity contribution >= 4 is 40.4 Å². The molecule has 0 fully saturated rings. The van der Waals surface area contributed by atoms with Crippen LogP contribution in [-0.2, 0) is 0 Å². The van der Waals surface area contributed by atoms with Gasteiger partial charge >= 0.3 is 0 Å². The first-order valence-corrected chi connectivity index (χ1v) is 4.83. The smallest absolute Gasteiger partial charge is 0.288 e. The van der Waals surface area contributed by atoms with Crippen LogP contribution < -0.4 is 0 Å². The van der Waals surface area contributed by atoms with Crippen molar-refractivity contribution in [3.8, 4) is 0 Å². The third kappa shape index (κ3) is 1.84. The lowest BCUT2D eigenvalue weighted by Gasteiger charge is -1.99. The lowest BCUT2D eigenvalue weighted by molar-refractivity contribution is -0.384. The minimum absolute atomic E-state index is 0.101. The van der Waals surface area contributed by atoms with Crippen LogP contribution in [0.3, 0.4) is 0 Å². The summed E-state index contributed by atoms with van der Waals surface area (Å²) in [7, 11) is 0. The van der Waals surface area contributed by atoms with Crippen LogP contribution >= 0.6 is 23.8 Å². The zero-order valence-electron chi connectivity index (χ0n) is 7.36. The Labute approximate surface area is 94.6 Å². The van der Waals surface area contributed by atoms with Crippen molar-refractivity contribution in [3.05, 3.63) is 44.0 Å². The summed E-state index contributed by atoms with van der Waals surface area (Å²) in [6, 6.07) is 6.32. The van der Waals surface area contributed by atoms with E-state index in [1.807, 2.05) is 0 Å². The quantitative estimate of drug-likeness (QED) is 0.472. The summed E-state index contributed by atoms with van der Waals surface area (Å²) < 4.78 is 0.562. The standard InChI is InChI=1S/C9H5ClN2O2S/c10-6-4-7-5(1-2-9(15)11-7)3-8(6)12(13)14/h1-4H,(H,11,15). The molecule has 0 atom stereocenters.